The number of fused-ring (bicyclic) bond motifs is 1. The van der Waals surface area contributed by atoms with Gasteiger partial charge >= 0.3 is 0 Å². The third kappa shape index (κ3) is 4.86. The first-order valence-corrected chi connectivity index (χ1v) is 13.6. The third-order valence-corrected chi connectivity index (χ3v) is 9.05. The largest absolute Gasteiger partial charge is 0.373 e. The van der Waals surface area contributed by atoms with Crippen LogP contribution in [0.15, 0.2) is 58.9 Å². The maximum atomic E-state index is 13.1. The Balaban J connectivity index is 1.66. The highest BCUT2D eigenvalue weighted by molar-refractivity contribution is 7.89. The second-order valence-corrected chi connectivity index (χ2v) is 11.7. The minimum Gasteiger partial charge on any atom is -0.373 e. The van der Waals surface area contributed by atoms with E-state index in [0.717, 1.165) is 4.70 Å². The molecule has 2 atom stereocenters. The number of aromatic nitrogens is 1. The van der Waals surface area contributed by atoms with Crippen LogP contribution in [0.4, 0.5) is 0 Å². The maximum absolute atomic E-state index is 13.1. The average Bonchev–Trinajstić information content (AvgIpc) is 3.13. The van der Waals surface area contributed by atoms with Gasteiger partial charge in [0.2, 0.25) is 10.0 Å². The van der Waals surface area contributed by atoms with E-state index in [4.69, 9.17) is 27.9 Å². The predicted molar refractivity (Wildman–Crippen MR) is 135 cm³/mol. The molecule has 1 fully saturated rings. The molecule has 7 nitrogen and oxygen atoms in total. The molecule has 34 heavy (non-hydrogen) atoms. The van der Waals surface area contributed by atoms with E-state index >= 15 is 0 Å². The fourth-order valence-electron chi connectivity index (χ4n) is 3.88. The van der Waals surface area contributed by atoms with Crippen LogP contribution in [0, 0.1) is 0 Å². The van der Waals surface area contributed by atoms with Crippen molar-refractivity contribution < 1.29 is 17.9 Å². The molecule has 4 rings (SSSR count). The molecule has 3 aromatic rings. The molecule has 0 N–H and O–H groups in total. The van der Waals surface area contributed by atoms with E-state index in [1.807, 2.05) is 19.9 Å². The summed E-state index contributed by atoms with van der Waals surface area (Å²) in [5.74, 6) is -0.496. The SMILES string of the molecule is C=CCn1c(=NC(=O)c2ccc(S(=O)(=O)N3CC(C)OC(C)C3)cc2)sc2ccc(Cl)c(Cl)c21. The summed E-state index contributed by atoms with van der Waals surface area (Å²) in [7, 11) is -3.70. The number of amides is 1. The fourth-order valence-corrected chi connectivity index (χ4v) is 7.00. The van der Waals surface area contributed by atoms with Gasteiger partial charge in [-0.05, 0) is 50.2 Å². The number of carbonyl (C=O) groups excluding carboxylic acids is 1. The van der Waals surface area contributed by atoms with Crippen LogP contribution >= 0.6 is 34.5 Å². The summed E-state index contributed by atoms with van der Waals surface area (Å²) in [6, 6.07) is 9.33. The molecular weight excluding hydrogens is 517 g/mol. The van der Waals surface area contributed by atoms with E-state index in [2.05, 4.69) is 11.6 Å². The zero-order valence-corrected chi connectivity index (χ0v) is 21.7. The lowest BCUT2D eigenvalue weighted by Gasteiger charge is -2.34. The van der Waals surface area contributed by atoms with Crippen molar-refractivity contribution in [3.63, 3.8) is 0 Å². The highest BCUT2D eigenvalue weighted by atomic mass is 35.5. The number of benzene rings is 2. The number of nitrogens with zero attached hydrogens (tertiary/aromatic N) is 3. The lowest BCUT2D eigenvalue weighted by atomic mass is 10.2. The molecule has 1 saturated heterocycles. The smallest absolute Gasteiger partial charge is 0.279 e. The Morgan fingerprint density at radius 3 is 2.44 bits per heavy atom. The summed E-state index contributed by atoms with van der Waals surface area (Å²) in [6.45, 7) is 8.40. The lowest BCUT2D eigenvalue weighted by molar-refractivity contribution is -0.0440. The number of thiazole rings is 1. The first-order chi connectivity index (χ1) is 16.1. The van der Waals surface area contributed by atoms with Crippen molar-refractivity contribution in [3.8, 4) is 0 Å². The minimum atomic E-state index is -3.70. The molecule has 0 aliphatic carbocycles. The van der Waals surface area contributed by atoms with Crippen LogP contribution in [0.5, 0.6) is 0 Å². The van der Waals surface area contributed by atoms with Gasteiger partial charge in [0.15, 0.2) is 4.80 Å². The van der Waals surface area contributed by atoms with Crippen molar-refractivity contribution >= 4 is 60.7 Å². The van der Waals surface area contributed by atoms with E-state index in [9.17, 15) is 13.2 Å². The molecule has 2 heterocycles. The average molecular weight is 540 g/mol. The predicted octanol–water partition coefficient (Wildman–Crippen LogP) is 4.73. The molecule has 0 saturated carbocycles. The van der Waals surface area contributed by atoms with Gasteiger partial charge in [-0.2, -0.15) is 9.30 Å². The Bertz CT molecular complexity index is 1420. The van der Waals surface area contributed by atoms with Crippen LogP contribution in [0.2, 0.25) is 10.0 Å². The number of ether oxygens (including phenoxy) is 1. The van der Waals surface area contributed by atoms with E-state index in [0.29, 0.717) is 26.9 Å². The standard InChI is InChI=1S/C23H23Cl2N3O4S2/c1-4-11-28-21-19(10-9-18(24)20(21)25)33-23(28)26-22(29)16-5-7-17(8-6-16)34(30,31)27-12-14(2)32-15(3)13-27/h4-10,14-15H,1,11-13H2,2-3H3. The maximum Gasteiger partial charge on any atom is 0.279 e. The van der Waals surface area contributed by atoms with E-state index < -0.39 is 15.9 Å². The van der Waals surface area contributed by atoms with Crippen LogP contribution < -0.4 is 4.80 Å². The van der Waals surface area contributed by atoms with Crippen molar-refractivity contribution in [3.05, 3.63) is 69.5 Å². The lowest BCUT2D eigenvalue weighted by Crippen LogP contribution is -2.48. The molecule has 2 aromatic carbocycles. The Hall–Kier alpha value is -2.01. The first kappa shape index (κ1) is 25.1. The summed E-state index contributed by atoms with van der Waals surface area (Å²) in [6.07, 6.45) is 1.30. The Labute approximate surface area is 211 Å². The van der Waals surface area contributed by atoms with Gasteiger partial charge in [-0.25, -0.2) is 8.42 Å². The van der Waals surface area contributed by atoms with Crippen LogP contribution in [0.3, 0.4) is 0 Å². The molecule has 180 valence electrons. The molecule has 1 aliphatic rings. The normalized spacial score (nSPS) is 20.1. The summed E-state index contributed by atoms with van der Waals surface area (Å²) < 4.78 is 35.8. The van der Waals surface area contributed by atoms with E-state index in [-0.39, 0.29) is 35.8 Å². The van der Waals surface area contributed by atoms with E-state index in [1.165, 1.54) is 39.9 Å². The number of hydrogen-bond donors (Lipinski definition) is 0. The molecule has 2 unspecified atom stereocenters. The van der Waals surface area contributed by atoms with Crippen molar-refractivity contribution in [2.24, 2.45) is 4.99 Å². The Morgan fingerprint density at radius 2 is 1.82 bits per heavy atom. The fraction of sp³-hybridized carbons (Fsp3) is 0.304. The summed E-state index contributed by atoms with van der Waals surface area (Å²) in [5.41, 5.74) is 0.954. The van der Waals surface area contributed by atoms with Gasteiger partial charge in [-0.1, -0.05) is 40.6 Å². The van der Waals surface area contributed by atoms with Crippen LogP contribution in [-0.4, -0.2) is 48.5 Å². The van der Waals surface area contributed by atoms with Crippen LogP contribution in [-0.2, 0) is 21.3 Å². The highest BCUT2D eigenvalue weighted by Crippen LogP contribution is 2.32. The van der Waals surface area contributed by atoms with Gasteiger partial charge in [-0.3, -0.25) is 4.79 Å². The number of hydrogen-bond acceptors (Lipinski definition) is 5. The van der Waals surface area contributed by atoms with Gasteiger partial charge < -0.3 is 9.30 Å². The van der Waals surface area contributed by atoms with Gasteiger partial charge in [0, 0.05) is 25.2 Å². The molecule has 11 heteroatoms. The van der Waals surface area contributed by atoms with E-state index in [1.54, 1.807) is 16.7 Å². The zero-order chi connectivity index (χ0) is 24.6. The Morgan fingerprint density at radius 1 is 1.18 bits per heavy atom. The van der Waals surface area contributed by atoms with Crippen LogP contribution in [0.1, 0.15) is 24.2 Å². The number of halogens is 2. The molecule has 0 spiro atoms. The molecule has 0 bridgehead atoms. The van der Waals surface area contributed by atoms with Gasteiger partial charge in [-0.15, -0.1) is 6.58 Å². The number of morpholine rings is 1. The summed E-state index contributed by atoms with van der Waals surface area (Å²) in [5, 5.41) is 0.788. The molecular formula is C23H23Cl2N3O4S2. The van der Waals surface area contributed by atoms with Crippen LogP contribution in [0.25, 0.3) is 10.2 Å². The third-order valence-electron chi connectivity index (χ3n) is 5.37. The van der Waals surface area contributed by atoms with Gasteiger partial charge in [0.1, 0.15) is 0 Å². The number of rotatable bonds is 5. The number of sulfonamides is 1. The Kier molecular flexibility index (Phi) is 7.33. The highest BCUT2D eigenvalue weighted by Gasteiger charge is 2.32. The number of carbonyl (C=O) groups is 1. The minimum absolute atomic E-state index is 0.121. The van der Waals surface area contributed by atoms with Crippen molar-refractivity contribution in [1.82, 2.24) is 8.87 Å². The van der Waals surface area contributed by atoms with Crippen molar-refractivity contribution in [1.29, 1.82) is 0 Å². The second kappa shape index (κ2) is 9.93. The van der Waals surface area contributed by atoms with Gasteiger partial charge in [0.05, 0.1) is 37.4 Å². The molecule has 1 amide bonds. The first-order valence-electron chi connectivity index (χ1n) is 10.5. The quantitative estimate of drug-likeness (QED) is 0.438. The summed E-state index contributed by atoms with van der Waals surface area (Å²) in [4.78, 5) is 17.7. The topological polar surface area (TPSA) is 81.0 Å². The molecule has 0 radical (unpaired) electrons. The zero-order valence-electron chi connectivity index (χ0n) is 18.6. The second-order valence-electron chi connectivity index (χ2n) is 8.01. The van der Waals surface area contributed by atoms with Crippen molar-refractivity contribution in [2.45, 2.75) is 37.5 Å². The molecule has 1 aliphatic heterocycles. The number of allylic oxidation sites excluding steroid dienone is 1. The van der Waals surface area contributed by atoms with Gasteiger partial charge in [0.25, 0.3) is 5.91 Å². The molecule has 1 aromatic heterocycles. The van der Waals surface area contributed by atoms with Crippen molar-refractivity contribution in [2.75, 3.05) is 13.1 Å². The monoisotopic (exact) mass is 539 g/mol. The summed E-state index contributed by atoms with van der Waals surface area (Å²) >= 11 is 13.9.